The summed E-state index contributed by atoms with van der Waals surface area (Å²) in [6.45, 7) is 0.510. The summed E-state index contributed by atoms with van der Waals surface area (Å²) in [6.07, 6.45) is 5.71. The quantitative estimate of drug-likeness (QED) is 0.305. The number of carbonyl (C=O) groups is 2. The van der Waals surface area contributed by atoms with E-state index in [4.69, 9.17) is 4.74 Å². The van der Waals surface area contributed by atoms with Crippen LogP contribution in [-0.4, -0.2) is 39.4 Å². The van der Waals surface area contributed by atoms with Crippen molar-refractivity contribution in [2.75, 3.05) is 18.2 Å². The van der Waals surface area contributed by atoms with Crippen LogP contribution in [0, 0.1) is 0 Å². The number of hydrogen-bond donors (Lipinski definition) is 3. The van der Waals surface area contributed by atoms with Crippen LogP contribution in [0.2, 0.25) is 0 Å². The summed E-state index contributed by atoms with van der Waals surface area (Å²) in [5, 5.41) is 12.9. The van der Waals surface area contributed by atoms with E-state index in [0.29, 0.717) is 23.3 Å². The van der Waals surface area contributed by atoms with E-state index in [1.165, 1.54) is 31.0 Å². The second-order valence-electron chi connectivity index (χ2n) is 8.30. The standard InChI is InChI=1S/C25H30N6O3S/c1-34-21-14-8-11-19(15-21)26-16-22-27-30-25(31(22)20-12-6-3-7-13-20)35-17-23(32)28-29-24(33)18-9-4-2-5-10-18/h2,4-5,8-11,14-15,20,26H,3,6-7,12-13,16-17H2,1H3,(H,28,32)(H,29,33). The van der Waals surface area contributed by atoms with E-state index < -0.39 is 0 Å². The number of methoxy groups -OCH3 is 1. The fraction of sp³-hybridized carbons (Fsp3) is 0.360. The predicted molar refractivity (Wildman–Crippen MR) is 135 cm³/mol. The van der Waals surface area contributed by atoms with Gasteiger partial charge in [-0.05, 0) is 37.1 Å². The van der Waals surface area contributed by atoms with Gasteiger partial charge in [0.15, 0.2) is 11.0 Å². The van der Waals surface area contributed by atoms with Gasteiger partial charge >= 0.3 is 0 Å². The smallest absolute Gasteiger partial charge is 0.269 e. The zero-order valence-corrected chi connectivity index (χ0v) is 20.5. The fourth-order valence-electron chi connectivity index (χ4n) is 4.10. The van der Waals surface area contributed by atoms with Crippen molar-refractivity contribution < 1.29 is 14.3 Å². The van der Waals surface area contributed by atoms with Crippen LogP contribution >= 0.6 is 11.8 Å². The molecule has 10 heteroatoms. The molecular weight excluding hydrogens is 464 g/mol. The van der Waals surface area contributed by atoms with Crippen LogP contribution in [0.4, 0.5) is 5.69 Å². The molecule has 1 fully saturated rings. The first kappa shape index (κ1) is 24.6. The molecular formula is C25H30N6O3S. The van der Waals surface area contributed by atoms with Crippen LogP contribution in [0.25, 0.3) is 0 Å². The normalized spacial score (nSPS) is 13.7. The molecule has 1 aromatic heterocycles. The molecule has 35 heavy (non-hydrogen) atoms. The average Bonchev–Trinajstić information content (AvgIpc) is 3.33. The summed E-state index contributed by atoms with van der Waals surface area (Å²) in [6, 6.07) is 16.8. The van der Waals surface area contributed by atoms with Gasteiger partial charge in [0.25, 0.3) is 5.91 Å². The summed E-state index contributed by atoms with van der Waals surface area (Å²) < 4.78 is 7.48. The first-order valence-electron chi connectivity index (χ1n) is 11.7. The van der Waals surface area contributed by atoms with Gasteiger partial charge in [0.05, 0.1) is 19.4 Å². The lowest BCUT2D eigenvalue weighted by atomic mass is 9.95. The number of aromatic nitrogens is 3. The molecule has 3 N–H and O–H groups in total. The van der Waals surface area contributed by atoms with Gasteiger partial charge in [0.1, 0.15) is 5.75 Å². The number of rotatable bonds is 9. The molecule has 0 saturated heterocycles. The van der Waals surface area contributed by atoms with Crippen molar-refractivity contribution in [3.05, 3.63) is 66.0 Å². The van der Waals surface area contributed by atoms with Gasteiger partial charge in [0, 0.05) is 23.4 Å². The van der Waals surface area contributed by atoms with Crippen LogP contribution < -0.4 is 20.9 Å². The molecule has 9 nitrogen and oxygen atoms in total. The van der Waals surface area contributed by atoms with Crippen molar-refractivity contribution in [2.45, 2.75) is 49.8 Å². The number of hydrazine groups is 1. The number of nitrogens with one attached hydrogen (secondary N) is 3. The molecule has 0 unspecified atom stereocenters. The Balaban J connectivity index is 1.38. The Labute approximate surface area is 209 Å². The summed E-state index contributed by atoms with van der Waals surface area (Å²) in [5.74, 6) is 1.06. The van der Waals surface area contributed by atoms with E-state index in [2.05, 4.69) is 30.9 Å². The molecule has 1 aliphatic carbocycles. The van der Waals surface area contributed by atoms with E-state index >= 15 is 0 Å². The van der Waals surface area contributed by atoms with Gasteiger partial charge in [-0.25, -0.2) is 0 Å². The lowest BCUT2D eigenvalue weighted by Crippen LogP contribution is -2.42. The minimum Gasteiger partial charge on any atom is -0.497 e. The van der Waals surface area contributed by atoms with Crippen molar-refractivity contribution in [3.63, 3.8) is 0 Å². The molecule has 2 aromatic carbocycles. The Bertz CT molecular complexity index is 1130. The number of anilines is 1. The van der Waals surface area contributed by atoms with E-state index in [1.54, 1.807) is 31.4 Å². The molecule has 0 aliphatic heterocycles. The maximum absolute atomic E-state index is 12.4. The van der Waals surface area contributed by atoms with Crippen LogP contribution in [0.15, 0.2) is 59.8 Å². The number of thioether (sulfide) groups is 1. The Kier molecular flexibility index (Phi) is 8.61. The van der Waals surface area contributed by atoms with E-state index in [9.17, 15) is 9.59 Å². The number of carbonyl (C=O) groups excluding carboxylic acids is 2. The number of amides is 2. The molecule has 4 rings (SSSR count). The Hall–Kier alpha value is -3.53. The summed E-state index contributed by atoms with van der Waals surface area (Å²) in [7, 11) is 1.64. The van der Waals surface area contributed by atoms with Gasteiger partial charge < -0.3 is 14.6 Å². The summed E-state index contributed by atoms with van der Waals surface area (Å²) >= 11 is 1.32. The van der Waals surface area contributed by atoms with Crippen LogP contribution in [0.5, 0.6) is 5.75 Å². The highest BCUT2D eigenvalue weighted by Crippen LogP contribution is 2.33. The molecule has 1 aliphatic rings. The van der Waals surface area contributed by atoms with E-state index in [0.717, 1.165) is 30.1 Å². The number of hydrogen-bond acceptors (Lipinski definition) is 7. The zero-order chi connectivity index (χ0) is 24.5. The summed E-state index contributed by atoms with van der Waals surface area (Å²) in [5.41, 5.74) is 6.34. The molecule has 0 radical (unpaired) electrons. The number of nitrogens with zero attached hydrogens (tertiary/aromatic N) is 3. The molecule has 1 saturated carbocycles. The van der Waals surface area contributed by atoms with Crippen LogP contribution in [-0.2, 0) is 11.3 Å². The van der Waals surface area contributed by atoms with Crippen molar-refractivity contribution in [2.24, 2.45) is 0 Å². The van der Waals surface area contributed by atoms with E-state index in [-0.39, 0.29) is 17.6 Å². The van der Waals surface area contributed by atoms with Crippen LogP contribution in [0.3, 0.4) is 0 Å². The molecule has 184 valence electrons. The zero-order valence-electron chi connectivity index (χ0n) is 19.7. The molecule has 0 bridgehead atoms. The number of ether oxygens (including phenoxy) is 1. The highest BCUT2D eigenvalue weighted by molar-refractivity contribution is 7.99. The van der Waals surface area contributed by atoms with Crippen LogP contribution in [0.1, 0.15) is 54.3 Å². The van der Waals surface area contributed by atoms with Crippen molar-refractivity contribution in [3.8, 4) is 5.75 Å². The third kappa shape index (κ3) is 6.75. The van der Waals surface area contributed by atoms with Gasteiger partial charge in [-0.15, -0.1) is 10.2 Å². The van der Waals surface area contributed by atoms with Gasteiger partial charge in [-0.1, -0.05) is 55.3 Å². The minimum atomic E-state index is -0.361. The third-order valence-electron chi connectivity index (χ3n) is 5.88. The lowest BCUT2D eigenvalue weighted by Gasteiger charge is -2.25. The first-order valence-corrected chi connectivity index (χ1v) is 12.7. The maximum atomic E-state index is 12.4. The van der Waals surface area contributed by atoms with Gasteiger partial charge in [-0.3, -0.25) is 20.4 Å². The molecule has 2 amide bonds. The molecule has 0 spiro atoms. The topological polar surface area (TPSA) is 110 Å². The second-order valence-corrected chi connectivity index (χ2v) is 9.25. The van der Waals surface area contributed by atoms with Crippen molar-refractivity contribution >= 4 is 29.3 Å². The van der Waals surface area contributed by atoms with E-state index in [1.807, 2.05) is 30.3 Å². The fourth-order valence-corrected chi connectivity index (χ4v) is 4.93. The van der Waals surface area contributed by atoms with Gasteiger partial charge in [-0.2, -0.15) is 0 Å². The average molecular weight is 495 g/mol. The highest BCUT2D eigenvalue weighted by atomic mass is 32.2. The second kappa shape index (κ2) is 12.3. The SMILES string of the molecule is COc1cccc(NCc2nnc(SCC(=O)NNC(=O)c3ccccc3)n2C2CCCCC2)c1. The minimum absolute atomic E-state index is 0.114. The molecule has 1 heterocycles. The Morgan fingerprint density at radius 1 is 1.03 bits per heavy atom. The Morgan fingerprint density at radius 3 is 2.60 bits per heavy atom. The van der Waals surface area contributed by atoms with Gasteiger partial charge in [0.2, 0.25) is 5.91 Å². The lowest BCUT2D eigenvalue weighted by molar-refractivity contribution is -0.119. The van der Waals surface area contributed by atoms with Crippen molar-refractivity contribution in [1.29, 1.82) is 0 Å². The highest BCUT2D eigenvalue weighted by Gasteiger charge is 2.23. The predicted octanol–water partition coefficient (Wildman–Crippen LogP) is 3.96. The first-order chi connectivity index (χ1) is 17.1. The maximum Gasteiger partial charge on any atom is 0.269 e. The Morgan fingerprint density at radius 2 is 1.83 bits per heavy atom. The molecule has 0 atom stereocenters. The monoisotopic (exact) mass is 494 g/mol. The summed E-state index contributed by atoms with van der Waals surface area (Å²) in [4.78, 5) is 24.5. The number of benzene rings is 2. The van der Waals surface area contributed by atoms with Crippen molar-refractivity contribution in [1.82, 2.24) is 25.6 Å². The third-order valence-corrected chi connectivity index (χ3v) is 6.82. The largest absolute Gasteiger partial charge is 0.497 e. The molecule has 3 aromatic rings.